The molecule has 5 nitrogen and oxygen atoms in total. The second-order valence-corrected chi connectivity index (χ2v) is 3.80. The third-order valence-corrected chi connectivity index (χ3v) is 2.72. The van der Waals surface area contributed by atoms with Crippen LogP contribution in [-0.4, -0.2) is 43.4 Å². The summed E-state index contributed by atoms with van der Waals surface area (Å²) < 4.78 is 0. The number of carbonyl (C=O) groups is 2. The smallest absolute Gasteiger partial charge is 0.239 e. The highest BCUT2D eigenvalue weighted by molar-refractivity contribution is 5.84. The quantitative estimate of drug-likeness (QED) is 0.643. The third-order valence-electron chi connectivity index (χ3n) is 2.72. The lowest BCUT2D eigenvalue weighted by molar-refractivity contribution is -0.136. The number of hydrogen-bond donors (Lipinski definition) is 2. The Hall–Kier alpha value is -1.10. The van der Waals surface area contributed by atoms with Gasteiger partial charge in [0.25, 0.3) is 0 Å². The highest BCUT2D eigenvalue weighted by Gasteiger charge is 2.17. The van der Waals surface area contributed by atoms with E-state index in [-0.39, 0.29) is 24.3 Å². The fourth-order valence-corrected chi connectivity index (χ4v) is 1.40. The van der Waals surface area contributed by atoms with Crippen LogP contribution in [0.3, 0.4) is 0 Å². The summed E-state index contributed by atoms with van der Waals surface area (Å²) >= 11 is 0. The van der Waals surface area contributed by atoms with Crippen molar-refractivity contribution in [3.63, 3.8) is 0 Å². The van der Waals surface area contributed by atoms with Crippen LogP contribution in [0.4, 0.5) is 0 Å². The number of rotatable bonds is 7. The van der Waals surface area contributed by atoms with Crippen molar-refractivity contribution in [2.75, 3.05) is 26.7 Å². The minimum atomic E-state index is -0.143. The standard InChI is InChI=1S/C11H23N3O2/c1-4-9(7-12)6-11(16)14(5-2)8-10(15)13-3/h9H,4-8,12H2,1-3H3,(H,13,15). The number of hydrogen-bond acceptors (Lipinski definition) is 3. The maximum Gasteiger partial charge on any atom is 0.239 e. The van der Waals surface area contributed by atoms with Crippen LogP contribution in [0.5, 0.6) is 0 Å². The van der Waals surface area contributed by atoms with Crippen molar-refractivity contribution in [1.29, 1.82) is 0 Å². The molecule has 0 bridgehead atoms. The van der Waals surface area contributed by atoms with Crippen molar-refractivity contribution >= 4 is 11.8 Å². The molecule has 94 valence electrons. The average Bonchev–Trinajstić information content (AvgIpc) is 2.31. The number of nitrogens with two attached hydrogens (primary N) is 1. The van der Waals surface area contributed by atoms with Gasteiger partial charge in [0, 0.05) is 20.0 Å². The SMILES string of the molecule is CCC(CN)CC(=O)N(CC)CC(=O)NC. The molecule has 2 amide bonds. The summed E-state index contributed by atoms with van der Waals surface area (Å²) in [6.07, 6.45) is 1.32. The summed E-state index contributed by atoms with van der Waals surface area (Å²) in [6.45, 7) is 5.07. The summed E-state index contributed by atoms with van der Waals surface area (Å²) in [4.78, 5) is 24.6. The minimum absolute atomic E-state index is 0.00315. The molecular formula is C11H23N3O2. The highest BCUT2D eigenvalue weighted by Crippen LogP contribution is 2.08. The first-order chi connectivity index (χ1) is 7.58. The van der Waals surface area contributed by atoms with Gasteiger partial charge in [-0.1, -0.05) is 13.3 Å². The Labute approximate surface area is 97.4 Å². The minimum Gasteiger partial charge on any atom is -0.358 e. The van der Waals surface area contributed by atoms with Gasteiger partial charge in [0.1, 0.15) is 0 Å². The predicted octanol–water partition coefficient (Wildman–Crippen LogP) is -0.0441. The molecule has 0 fully saturated rings. The Morgan fingerprint density at radius 3 is 2.38 bits per heavy atom. The van der Waals surface area contributed by atoms with Crippen LogP contribution >= 0.6 is 0 Å². The largest absolute Gasteiger partial charge is 0.358 e. The lowest BCUT2D eigenvalue weighted by atomic mass is 10.0. The fourth-order valence-electron chi connectivity index (χ4n) is 1.40. The molecule has 0 saturated heterocycles. The summed E-state index contributed by atoms with van der Waals surface area (Å²) in [5.74, 6) is 0.0747. The van der Waals surface area contributed by atoms with E-state index in [0.717, 1.165) is 6.42 Å². The van der Waals surface area contributed by atoms with Crippen molar-refractivity contribution in [3.05, 3.63) is 0 Å². The molecule has 0 spiro atoms. The van der Waals surface area contributed by atoms with Crippen LogP contribution in [0.25, 0.3) is 0 Å². The second kappa shape index (κ2) is 8.10. The van der Waals surface area contributed by atoms with Gasteiger partial charge in [0.15, 0.2) is 0 Å². The first-order valence-corrected chi connectivity index (χ1v) is 5.77. The molecule has 0 aliphatic carbocycles. The average molecular weight is 229 g/mol. The van der Waals surface area contributed by atoms with E-state index in [0.29, 0.717) is 19.5 Å². The van der Waals surface area contributed by atoms with Gasteiger partial charge < -0.3 is 16.0 Å². The monoisotopic (exact) mass is 229 g/mol. The first kappa shape index (κ1) is 14.9. The van der Waals surface area contributed by atoms with Crippen LogP contribution in [0.1, 0.15) is 26.7 Å². The van der Waals surface area contributed by atoms with E-state index >= 15 is 0 Å². The van der Waals surface area contributed by atoms with Crippen LogP contribution < -0.4 is 11.1 Å². The van der Waals surface area contributed by atoms with Gasteiger partial charge in [-0.3, -0.25) is 9.59 Å². The molecule has 5 heteroatoms. The van der Waals surface area contributed by atoms with Crippen molar-refractivity contribution in [1.82, 2.24) is 10.2 Å². The zero-order valence-electron chi connectivity index (χ0n) is 10.5. The normalized spacial score (nSPS) is 12.0. The van der Waals surface area contributed by atoms with Crippen LogP contribution in [0.15, 0.2) is 0 Å². The maximum absolute atomic E-state index is 11.8. The van der Waals surface area contributed by atoms with Gasteiger partial charge >= 0.3 is 0 Å². The van der Waals surface area contributed by atoms with E-state index in [1.165, 1.54) is 0 Å². The molecule has 0 aromatic rings. The number of amides is 2. The summed E-state index contributed by atoms with van der Waals surface area (Å²) in [6, 6.07) is 0. The van der Waals surface area contributed by atoms with Crippen molar-refractivity contribution < 1.29 is 9.59 Å². The van der Waals surface area contributed by atoms with Gasteiger partial charge in [0.05, 0.1) is 6.54 Å². The summed E-state index contributed by atoms with van der Waals surface area (Å²) in [7, 11) is 1.56. The van der Waals surface area contributed by atoms with E-state index < -0.39 is 0 Å². The molecule has 1 atom stereocenters. The number of nitrogens with zero attached hydrogens (tertiary/aromatic N) is 1. The summed E-state index contributed by atoms with van der Waals surface area (Å²) in [5.41, 5.74) is 5.55. The Morgan fingerprint density at radius 2 is 2.00 bits per heavy atom. The molecule has 16 heavy (non-hydrogen) atoms. The molecular weight excluding hydrogens is 206 g/mol. The highest BCUT2D eigenvalue weighted by atomic mass is 16.2. The van der Waals surface area contributed by atoms with E-state index in [4.69, 9.17) is 5.73 Å². The van der Waals surface area contributed by atoms with Crippen LogP contribution in [0, 0.1) is 5.92 Å². The number of likely N-dealkylation sites (N-methyl/N-ethyl adjacent to an activating group) is 2. The van der Waals surface area contributed by atoms with E-state index in [9.17, 15) is 9.59 Å². The third kappa shape index (κ3) is 5.11. The fraction of sp³-hybridized carbons (Fsp3) is 0.818. The molecule has 0 aromatic heterocycles. The molecule has 0 aliphatic rings. The molecule has 0 radical (unpaired) electrons. The van der Waals surface area contributed by atoms with Gasteiger partial charge in [-0.05, 0) is 19.4 Å². The zero-order chi connectivity index (χ0) is 12.6. The number of carbonyl (C=O) groups excluding carboxylic acids is 2. The Bertz CT molecular complexity index is 227. The lowest BCUT2D eigenvalue weighted by Crippen LogP contribution is -2.40. The predicted molar refractivity (Wildman–Crippen MR) is 63.8 cm³/mol. The zero-order valence-corrected chi connectivity index (χ0v) is 10.5. The lowest BCUT2D eigenvalue weighted by Gasteiger charge is -2.22. The molecule has 3 N–H and O–H groups in total. The van der Waals surface area contributed by atoms with Gasteiger partial charge in [-0.25, -0.2) is 0 Å². The van der Waals surface area contributed by atoms with E-state index in [1.54, 1.807) is 11.9 Å². The molecule has 0 rings (SSSR count). The first-order valence-electron chi connectivity index (χ1n) is 5.77. The van der Waals surface area contributed by atoms with Gasteiger partial charge in [-0.2, -0.15) is 0 Å². The Kier molecular flexibility index (Phi) is 7.54. The molecule has 1 unspecified atom stereocenters. The molecule has 0 aromatic carbocycles. The number of nitrogens with one attached hydrogen (secondary N) is 1. The second-order valence-electron chi connectivity index (χ2n) is 3.80. The maximum atomic E-state index is 11.8. The Morgan fingerprint density at radius 1 is 1.38 bits per heavy atom. The molecule has 0 aliphatic heterocycles. The van der Waals surface area contributed by atoms with Crippen LogP contribution in [0.2, 0.25) is 0 Å². The summed E-state index contributed by atoms with van der Waals surface area (Å²) in [5, 5.41) is 2.51. The molecule has 0 heterocycles. The topological polar surface area (TPSA) is 75.4 Å². The molecule has 0 saturated carbocycles. The van der Waals surface area contributed by atoms with Gasteiger partial charge in [-0.15, -0.1) is 0 Å². The van der Waals surface area contributed by atoms with E-state index in [1.807, 2.05) is 13.8 Å². The van der Waals surface area contributed by atoms with E-state index in [2.05, 4.69) is 5.32 Å². The van der Waals surface area contributed by atoms with Crippen molar-refractivity contribution in [2.45, 2.75) is 26.7 Å². The Balaban J connectivity index is 4.24. The van der Waals surface area contributed by atoms with Gasteiger partial charge in [0.2, 0.25) is 11.8 Å². The van der Waals surface area contributed by atoms with Crippen molar-refractivity contribution in [2.24, 2.45) is 11.7 Å². The van der Waals surface area contributed by atoms with Crippen LogP contribution in [-0.2, 0) is 9.59 Å². The van der Waals surface area contributed by atoms with Crippen molar-refractivity contribution in [3.8, 4) is 0 Å².